The lowest BCUT2D eigenvalue weighted by Crippen LogP contribution is -2.48. The first kappa shape index (κ1) is 22.3. The van der Waals surface area contributed by atoms with E-state index in [0.717, 1.165) is 18.7 Å². The Labute approximate surface area is 201 Å². The number of fused-ring (bicyclic) bond motifs is 1. The fourth-order valence-electron chi connectivity index (χ4n) is 3.84. The van der Waals surface area contributed by atoms with Crippen LogP contribution in [0.4, 0.5) is 21.7 Å². The number of carbonyl (C=O) groups excluding carboxylic acids is 1. The number of nitrogens with one attached hydrogen (secondary N) is 1. The molecule has 5 rings (SSSR count). The van der Waals surface area contributed by atoms with Crippen molar-refractivity contribution in [3.63, 3.8) is 0 Å². The number of carbonyl (C=O) groups is 1. The molecule has 34 heavy (non-hydrogen) atoms. The van der Waals surface area contributed by atoms with E-state index in [2.05, 4.69) is 26.8 Å². The van der Waals surface area contributed by atoms with Gasteiger partial charge in [-0.1, -0.05) is 18.2 Å². The van der Waals surface area contributed by atoms with E-state index < -0.39 is 5.82 Å². The second-order valence-electron chi connectivity index (χ2n) is 8.39. The van der Waals surface area contributed by atoms with E-state index in [0.29, 0.717) is 61.3 Å². The molecule has 0 atom stereocenters. The van der Waals surface area contributed by atoms with Gasteiger partial charge in [-0.3, -0.25) is 4.79 Å². The Morgan fingerprint density at radius 3 is 2.74 bits per heavy atom. The Morgan fingerprint density at radius 2 is 2.00 bits per heavy atom. The lowest BCUT2D eigenvalue weighted by atomic mass is 10.2. The van der Waals surface area contributed by atoms with Crippen LogP contribution in [0, 0.1) is 11.7 Å². The molecular formula is C24H24ClFN6O2. The van der Waals surface area contributed by atoms with Crippen molar-refractivity contribution in [1.82, 2.24) is 19.9 Å². The normalized spacial score (nSPS) is 15.9. The highest BCUT2D eigenvalue weighted by atomic mass is 35.5. The summed E-state index contributed by atoms with van der Waals surface area (Å²) in [5.41, 5.74) is 1.30. The van der Waals surface area contributed by atoms with Gasteiger partial charge in [-0.05, 0) is 49.1 Å². The van der Waals surface area contributed by atoms with Crippen molar-refractivity contribution in [3.05, 3.63) is 54.1 Å². The number of hydrogen-bond acceptors (Lipinski definition) is 7. The number of piperazine rings is 1. The molecule has 2 fully saturated rings. The molecule has 2 aromatic heterocycles. The van der Waals surface area contributed by atoms with Crippen molar-refractivity contribution < 1.29 is 13.9 Å². The third kappa shape index (κ3) is 4.61. The van der Waals surface area contributed by atoms with Crippen LogP contribution < -0.4 is 15.0 Å². The van der Waals surface area contributed by atoms with Crippen LogP contribution in [0.25, 0.3) is 11.0 Å². The maximum atomic E-state index is 15.0. The number of hydrogen-bond donors (Lipinski definition) is 1. The minimum absolute atomic E-state index is 0.0652. The lowest BCUT2D eigenvalue weighted by Gasteiger charge is -2.35. The Bertz CT molecular complexity index is 1240. The first-order valence-electron chi connectivity index (χ1n) is 11.2. The zero-order valence-electron chi connectivity index (χ0n) is 18.5. The first-order valence-corrected chi connectivity index (χ1v) is 11.6. The van der Waals surface area contributed by atoms with Gasteiger partial charge in [0.25, 0.3) is 0 Å². The lowest BCUT2D eigenvalue weighted by molar-refractivity contribution is -0.126. The summed E-state index contributed by atoms with van der Waals surface area (Å²) in [7, 11) is 0. The predicted molar refractivity (Wildman–Crippen MR) is 129 cm³/mol. The standard InChI is InChI=1S/C24H24ClFN6O2/c1-2-20(33)32-11-9-31(10-12-32)19-8-6-17-23(30-19)24(28-14-27-17)29-16-5-7-18(21(25)22(16)26)34-13-15-3-4-15/h2,5-8,14-15H,1,3-4,9-13H2,(H,27,28,29). The van der Waals surface area contributed by atoms with E-state index in [9.17, 15) is 4.79 Å². The Kier molecular flexibility index (Phi) is 6.19. The van der Waals surface area contributed by atoms with Gasteiger partial charge < -0.3 is 19.9 Å². The predicted octanol–water partition coefficient (Wildman–Crippen LogP) is 4.18. The second kappa shape index (κ2) is 9.42. The molecule has 1 amide bonds. The number of ether oxygens (including phenoxy) is 1. The summed E-state index contributed by atoms with van der Waals surface area (Å²) in [4.78, 5) is 29.0. The topological polar surface area (TPSA) is 83.5 Å². The van der Waals surface area contributed by atoms with Crippen molar-refractivity contribution in [2.75, 3.05) is 43.0 Å². The van der Waals surface area contributed by atoms with Crippen LogP contribution in [0.15, 0.2) is 43.2 Å². The molecule has 0 unspecified atom stereocenters. The SMILES string of the molecule is C=CC(=O)N1CCN(c2ccc3ncnc(Nc4ccc(OCC5CC5)c(Cl)c4F)c3n2)CC1. The molecule has 1 saturated carbocycles. The number of halogens is 2. The monoisotopic (exact) mass is 482 g/mol. The van der Waals surface area contributed by atoms with Gasteiger partial charge in [-0.15, -0.1) is 0 Å². The molecular weight excluding hydrogens is 459 g/mol. The van der Waals surface area contributed by atoms with E-state index >= 15 is 4.39 Å². The van der Waals surface area contributed by atoms with Crippen molar-refractivity contribution in [3.8, 4) is 5.75 Å². The molecule has 1 N–H and O–H groups in total. The maximum absolute atomic E-state index is 15.0. The third-order valence-electron chi connectivity index (χ3n) is 6.03. The number of rotatable bonds is 7. The Morgan fingerprint density at radius 1 is 1.21 bits per heavy atom. The van der Waals surface area contributed by atoms with Gasteiger partial charge in [-0.25, -0.2) is 19.3 Å². The van der Waals surface area contributed by atoms with Gasteiger partial charge in [0.2, 0.25) is 5.91 Å². The van der Waals surface area contributed by atoms with Crippen molar-refractivity contribution in [1.29, 1.82) is 0 Å². The minimum Gasteiger partial charge on any atom is -0.492 e. The Balaban J connectivity index is 1.37. The molecule has 8 nitrogen and oxygen atoms in total. The number of anilines is 3. The minimum atomic E-state index is -0.610. The largest absolute Gasteiger partial charge is 0.492 e. The molecule has 1 saturated heterocycles. The third-order valence-corrected chi connectivity index (χ3v) is 6.38. The summed E-state index contributed by atoms with van der Waals surface area (Å²) in [6, 6.07) is 6.97. The molecule has 10 heteroatoms. The average Bonchev–Trinajstić information content (AvgIpc) is 3.70. The van der Waals surface area contributed by atoms with Gasteiger partial charge in [0.1, 0.15) is 28.4 Å². The van der Waals surface area contributed by atoms with Crippen LogP contribution in [0.5, 0.6) is 5.75 Å². The quantitative estimate of drug-likeness (QED) is 0.505. The van der Waals surface area contributed by atoms with Gasteiger partial charge in [0.05, 0.1) is 17.8 Å². The van der Waals surface area contributed by atoms with Gasteiger partial charge in [-0.2, -0.15) is 0 Å². The number of nitrogens with zero attached hydrogens (tertiary/aromatic N) is 5. The van der Waals surface area contributed by atoms with E-state index in [4.69, 9.17) is 21.3 Å². The molecule has 2 aliphatic rings. The van der Waals surface area contributed by atoms with E-state index in [1.165, 1.54) is 12.4 Å². The summed E-state index contributed by atoms with van der Waals surface area (Å²) < 4.78 is 20.7. The van der Waals surface area contributed by atoms with Crippen LogP contribution in [-0.4, -0.2) is 58.5 Å². The smallest absolute Gasteiger partial charge is 0.246 e. The van der Waals surface area contributed by atoms with Crippen LogP contribution >= 0.6 is 11.6 Å². The van der Waals surface area contributed by atoms with E-state index in [1.54, 1.807) is 17.0 Å². The molecule has 1 aromatic carbocycles. The summed E-state index contributed by atoms with van der Waals surface area (Å²) >= 11 is 6.23. The molecule has 3 aromatic rings. The highest BCUT2D eigenvalue weighted by molar-refractivity contribution is 6.32. The van der Waals surface area contributed by atoms with Crippen LogP contribution in [0.1, 0.15) is 12.8 Å². The first-order chi connectivity index (χ1) is 16.5. The summed E-state index contributed by atoms with van der Waals surface area (Å²) in [6.07, 6.45) is 5.00. The average molecular weight is 483 g/mol. The van der Waals surface area contributed by atoms with Crippen molar-refractivity contribution >= 4 is 45.9 Å². The maximum Gasteiger partial charge on any atom is 0.246 e. The number of benzene rings is 1. The summed E-state index contributed by atoms with van der Waals surface area (Å²) in [6.45, 7) is 6.54. The van der Waals surface area contributed by atoms with Crippen molar-refractivity contribution in [2.45, 2.75) is 12.8 Å². The second-order valence-corrected chi connectivity index (χ2v) is 8.77. The fraction of sp³-hybridized carbons (Fsp3) is 0.333. The zero-order valence-corrected chi connectivity index (χ0v) is 19.3. The molecule has 0 radical (unpaired) electrons. The van der Waals surface area contributed by atoms with E-state index in [1.807, 2.05) is 12.1 Å². The number of pyridine rings is 1. The molecule has 1 aliphatic heterocycles. The number of amides is 1. The molecule has 3 heterocycles. The summed E-state index contributed by atoms with van der Waals surface area (Å²) in [5, 5.41) is 2.94. The molecule has 176 valence electrons. The zero-order chi connectivity index (χ0) is 23.7. The highest BCUT2D eigenvalue weighted by Gasteiger charge is 2.24. The van der Waals surface area contributed by atoms with Crippen LogP contribution in [-0.2, 0) is 4.79 Å². The molecule has 0 spiro atoms. The highest BCUT2D eigenvalue weighted by Crippen LogP contribution is 2.36. The van der Waals surface area contributed by atoms with Gasteiger partial charge in [0, 0.05) is 26.2 Å². The Hall–Kier alpha value is -3.46. The van der Waals surface area contributed by atoms with Crippen molar-refractivity contribution in [2.24, 2.45) is 5.92 Å². The molecule has 1 aliphatic carbocycles. The fourth-order valence-corrected chi connectivity index (χ4v) is 4.06. The van der Waals surface area contributed by atoms with Gasteiger partial charge in [0.15, 0.2) is 11.6 Å². The number of aromatic nitrogens is 3. The van der Waals surface area contributed by atoms with Gasteiger partial charge >= 0.3 is 0 Å². The summed E-state index contributed by atoms with van der Waals surface area (Å²) in [5.74, 6) is 1.29. The van der Waals surface area contributed by atoms with E-state index in [-0.39, 0.29) is 16.6 Å². The molecule has 0 bridgehead atoms. The van der Waals surface area contributed by atoms with Crippen LogP contribution in [0.3, 0.4) is 0 Å². The van der Waals surface area contributed by atoms with Crippen LogP contribution in [0.2, 0.25) is 5.02 Å².